The summed E-state index contributed by atoms with van der Waals surface area (Å²) in [5.74, 6) is 0.629. The van der Waals surface area contributed by atoms with Crippen molar-refractivity contribution in [1.82, 2.24) is 9.78 Å². The van der Waals surface area contributed by atoms with Crippen LogP contribution in [0.15, 0.2) is 6.20 Å². The number of rotatable bonds is 4. The Balaban J connectivity index is 2.25. The Kier molecular flexibility index (Phi) is 3.46. The molecule has 1 aromatic heterocycles. The number of methoxy groups -OCH3 is 1. The Bertz CT molecular complexity index is 323. The summed E-state index contributed by atoms with van der Waals surface area (Å²) < 4.78 is 12.5. The Hall–Kier alpha value is -1.07. The molecule has 1 aliphatic heterocycles. The molecule has 2 unspecified atom stereocenters. The van der Waals surface area contributed by atoms with Crippen molar-refractivity contribution < 1.29 is 14.6 Å². The number of aliphatic hydroxyl groups excluding tert-OH is 1. The van der Waals surface area contributed by atoms with E-state index >= 15 is 0 Å². The number of nitrogens with zero attached hydrogens (tertiary/aromatic N) is 2. The lowest BCUT2D eigenvalue weighted by molar-refractivity contribution is -0.00796. The van der Waals surface area contributed by atoms with E-state index in [1.54, 1.807) is 18.0 Å². The summed E-state index contributed by atoms with van der Waals surface area (Å²) in [6.07, 6.45) is 2.75. The predicted molar refractivity (Wildman–Crippen MR) is 58.4 cm³/mol. The van der Waals surface area contributed by atoms with E-state index in [0.29, 0.717) is 12.3 Å². The minimum Gasteiger partial charge on any atom is -0.493 e. The zero-order valence-corrected chi connectivity index (χ0v) is 9.72. The van der Waals surface area contributed by atoms with E-state index in [-0.39, 0.29) is 6.10 Å². The molecule has 5 nitrogen and oxygen atoms in total. The lowest BCUT2D eigenvalue weighted by Gasteiger charge is -2.19. The van der Waals surface area contributed by atoms with Gasteiger partial charge in [-0.15, -0.1) is 0 Å². The average molecular weight is 226 g/mol. The first-order valence-electron chi connectivity index (χ1n) is 5.67. The molecule has 0 radical (unpaired) electrons. The zero-order chi connectivity index (χ0) is 11.5. The van der Waals surface area contributed by atoms with Gasteiger partial charge in [0.15, 0.2) is 5.75 Å². The molecule has 90 valence electrons. The van der Waals surface area contributed by atoms with Crippen molar-refractivity contribution >= 4 is 0 Å². The molecule has 5 heteroatoms. The van der Waals surface area contributed by atoms with Crippen molar-refractivity contribution in [1.29, 1.82) is 0 Å². The molecule has 1 fully saturated rings. The second kappa shape index (κ2) is 4.84. The quantitative estimate of drug-likeness (QED) is 0.836. The highest BCUT2D eigenvalue weighted by molar-refractivity contribution is 5.28. The topological polar surface area (TPSA) is 56.5 Å². The Labute approximate surface area is 95.0 Å². The third-order valence-corrected chi connectivity index (χ3v) is 2.96. The van der Waals surface area contributed by atoms with Gasteiger partial charge in [0.1, 0.15) is 11.8 Å². The van der Waals surface area contributed by atoms with Crippen LogP contribution >= 0.6 is 0 Å². The maximum absolute atomic E-state index is 10.3. The van der Waals surface area contributed by atoms with Gasteiger partial charge in [0.2, 0.25) is 0 Å². The number of ether oxygens (including phenoxy) is 2. The van der Waals surface area contributed by atoms with Crippen molar-refractivity contribution in [3.8, 4) is 5.75 Å². The summed E-state index contributed by atoms with van der Waals surface area (Å²) in [6.45, 7) is 3.42. The molecule has 2 atom stereocenters. The van der Waals surface area contributed by atoms with Crippen LogP contribution in [0.3, 0.4) is 0 Å². The molecule has 0 aromatic carbocycles. The molecule has 0 amide bonds. The van der Waals surface area contributed by atoms with E-state index in [0.717, 1.165) is 25.1 Å². The number of aromatic nitrogens is 2. The first-order chi connectivity index (χ1) is 7.77. The van der Waals surface area contributed by atoms with Crippen LogP contribution in [0.4, 0.5) is 0 Å². The molecule has 0 bridgehead atoms. The molecule has 0 saturated carbocycles. The van der Waals surface area contributed by atoms with Crippen molar-refractivity contribution in [2.45, 2.75) is 38.5 Å². The van der Waals surface area contributed by atoms with Gasteiger partial charge < -0.3 is 14.6 Å². The van der Waals surface area contributed by atoms with E-state index in [4.69, 9.17) is 9.47 Å². The molecule has 1 saturated heterocycles. The van der Waals surface area contributed by atoms with Gasteiger partial charge >= 0.3 is 0 Å². The van der Waals surface area contributed by atoms with Gasteiger partial charge in [0.05, 0.1) is 19.4 Å². The molecular formula is C11H18N2O3. The fourth-order valence-electron chi connectivity index (χ4n) is 2.11. The van der Waals surface area contributed by atoms with Gasteiger partial charge in [-0.05, 0) is 19.8 Å². The van der Waals surface area contributed by atoms with Crippen LogP contribution in [0, 0.1) is 0 Å². The third-order valence-electron chi connectivity index (χ3n) is 2.96. The maximum atomic E-state index is 10.3. The third kappa shape index (κ3) is 1.92. The second-order valence-corrected chi connectivity index (χ2v) is 3.91. The summed E-state index contributed by atoms with van der Waals surface area (Å²) in [7, 11) is 1.59. The summed E-state index contributed by atoms with van der Waals surface area (Å²) in [5, 5.41) is 14.4. The first-order valence-corrected chi connectivity index (χ1v) is 5.67. The van der Waals surface area contributed by atoms with E-state index in [1.807, 2.05) is 6.92 Å². The van der Waals surface area contributed by atoms with Crippen molar-refractivity contribution in [2.75, 3.05) is 13.7 Å². The van der Waals surface area contributed by atoms with Crippen LogP contribution in [-0.4, -0.2) is 34.7 Å². The fraction of sp³-hybridized carbons (Fsp3) is 0.727. The highest BCUT2D eigenvalue weighted by Crippen LogP contribution is 2.32. The number of aliphatic hydroxyl groups is 1. The van der Waals surface area contributed by atoms with Crippen LogP contribution < -0.4 is 4.74 Å². The first kappa shape index (κ1) is 11.4. The van der Waals surface area contributed by atoms with Gasteiger partial charge in [-0.2, -0.15) is 5.10 Å². The van der Waals surface area contributed by atoms with Crippen LogP contribution in [0.25, 0.3) is 0 Å². The molecule has 1 aromatic rings. The summed E-state index contributed by atoms with van der Waals surface area (Å²) >= 11 is 0. The van der Waals surface area contributed by atoms with Gasteiger partial charge in [-0.1, -0.05) is 0 Å². The Morgan fingerprint density at radius 1 is 1.75 bits per heavy atom. The molecule has 0 spiro atoms. The van der Waals surface area contributed by atoms with Crippen LogP contribution in [-0.2, 0) is 11.3 Å². The highest BCUT2D eigenvalue weighted by Gasteiger charge is 2.30. The van der Waals surface area contributed by atoms with Crippen LogP contribution in [0.2, 0.25) is 0 Å². The molecular weight excluding hydrogens is 208 g/mol. The zero-order valence-electron chi connectivity index (χ0n) is 9.72. The van der Waals surface area contributed by atoms with E-state index in [1.165, 1.54) is 0 Å². The van der Waals surface area contributed by atoms with Gasteiger partial charge in [0, 0.05) is 13.2 Å². The summed E-state index contributed by atoms with van der Waals surface area (Å²) in [6, 6.07) is 0. The molecule has 16 heavy (non-hydrogen) atoms. The molecule has 1 aliphatic rings. The summed E-state index contributed by atoms with van der Waals surface area (Å²) in [4.78, 5) is 0. The number of aryl methyl sites for hydroxylation is 1. The minimum absolute atomic E-state index is 0.129. The van der Waals surface area contributed by atoms with Gasteiger partial charge in [-0.25, -0.2) is 0 Å². The van der Waals surface area contributed by atoms with Crippen LogP contribution in [0.5, 0.6) is 5.75 Å². The number of hydrogen-bond acceptors (Lipinski definition) is 4. The smallest absolute Gasteiger partial charge is 0.162 e. The van der Waals surface area contributed by atoms with Gasteiger partial charge in [0.25, 0.3) is 0 Å². The monoisotopic (exact) mass is 226 g/mol. The summed E-state index contributed by atoms with van der Waals surface area (Å²) in [5.41, 5.74) is 0.719. The average Bonchev–Trinajstić information content (AvgIpc) is 2.96. The van der Waals surface area contributed by atoms with Crippen molar-refractivity contribution in [3.05, 3.63) is 11.9 Å². The van der Waals surface area contributed by atoms with Crippen molar-refractivity contribution in [2.24, 2.45) is 0 Å². The molecule has 2 rings (SSSR count). The largest absolute Gasteiger partial charge is 0.493 e. The standard InChI is InChI=1S/C11H18N2O3/c1-3-13-10(9(15-2)7-12-13)11(14)8-5-4-6-16-8/h7-8,11,14H,3-6H2,1-2H3. The second-order valence-electron chi connectivity index (χ2n) is 3.91. The molecule has 0 aliphatic carbocycles. The van der Waals surface area contributed by atoms with Crippen LogP contribution in [0.1, 0.15) is 31.6 Å². The Morgan fingerprint density at radius 3 is 3.12 bits per heavy atom. The predicted octanol–water partition coefficient (Wildman–Crippen LogP) is 1.12. The fourth-order valence-corrected chi connectivity index (χ4v) is 2.11. The highest BCUT2D eigenvalue weighted by atomic mass is 16.5. The lowest BCUT2D eigenvalue weighted by atomic mass is 10.1. The SMILES string of the molecule is CCn1ncc(OC)c1C(O)C1CCCO1. The normalized spacial score (nSPS) is 22.3. The lowest BCUT2D eigenvalue weighted by Crippen LogP contribution is -2.21. The molecule has 1 N–H and O–H groups in total. The minimum atomic E-state index is -0.653. The maximum Gasteiger partial charge on any atom is 0.162 e. The van der Waals surface area contributed by atoms with Gasteiger partial charge in [-0.3, -0.25) is 4.68 Å². The Morgan fingerprint density at radius 2 is 2.56 bits per heavy atom. The van der Waals surface area contributed by atoms with E-state index < -0.39 is 6.10 Å². The molecule has 2 heterocycles. The van der Waals surface area contributed by atoms with E-state index in [9.17, 15) is 5.11 Å². The number of hydrogen-bond donors (Lipinski definition) is 1. The van der Waals surface area contributed by atoms with Crippen molar-refractivity contribution in [3.63, 3.8) is 0 Å². The van der Waals surface area contributed by atoms with E-state index in [2.05, 4.69) is 5.10 Å².